The number of nitrogens with zero attached hydrogens (tertiary/aromatic N) is 6. The van der Waals surface area contributed by atoms with Crippen LogP contribution in [0.1, 0.15) is 11.6 Å². The molecule has 0 bridgehead atoms. The SMILES string of the molecule is CN(C)[C@@H]1CN(C(=O)CN2C(=O)Cc3ccccc32)C[C@@H]1n1ccnn1. The summed E-state index contributed by atoms with van der Waals surface area (Å²) in [5.41, 5.74) is 1.83. The van der Waals surface area contributed by atoms with Gasteiger partial charge in [0, 0.05) is 25.0 Å². The van der Waals surface area contributed by atoms with Gasteiger partial charge in [-0.25, -0.2) is 4.68 Å². The van der Waals surface area contributed by atoms with Gasteiger partial charge in [0.05, 0.1) is 24.7 Å². The van der Waals surface area contributed by atoms with Crippen LogP contribution in [0, 0.1) is 0 Å². The zero-order valence-electron chi connectivity index (χ0n) is 14.9. The molecule has 1 aromatic carbocycles. The van der Waals surface area contributed by atoms with Gasteiger partial charge in [0.1, 0.15) is 6.54 Å². The summed E-state index contributed by atoms with van der Waals surface area (Å²) in [6.45, 7) is 1.26. The number of aromatic nitrogens is 3. The maximum Gasteiger partial charge on any atom is 0.242 e. The second-order valence-electron chi connectivity index (χ2n) is 7.07. The van der Waals surface area contributed by atoms with Crippen LogP contribution < -0.4 is 4.90 Å². The molecule has 2 aliphatic heterocycles. The maximum absolute atomic E-state index is 12.9. The van der Waals surface area contributed by atoms with E-state index in [4.69, 9.17) is 0 Å². The van der Waals surface area contributed by atoms with E-state index in [1.54, 1.807) is 11.1 Å². The van der Waals surface area contributed by atoms with Crippen LogP contribution in [-0.2, 0) is 16.0 Å². The monoisotopic (exact) mass is 354 g/mol. The van der Waals surface area contributed by atoms with Crippen molar-refractivity contribution in [2.45, 2.75) is 18.5 Å². The Balaban J connectivity index is 1.50. The minimum atomic E-state index is -0.0375. The number of hydrogen-bond donors (Lipinski definition) is 0. The number of benzene rings is 1. The number of likely N-dealkylation sites (tertiary alicyclic amines) is 1. The summed E-state index contributed by atoms with van der Waals surface area (Å²) < 4.78 is 1.81. The summed E-state index contributed by atoms with van der Waals surface area (Å²) in [6.07, 6.45) is 3.85. The summed E-state index contributed by atoms with van der Waals surface area (Å²) in [4.78, 5) is 30.8. The molecule has 2 atom stereocenters. The van der Waals surface area contributed by atoms with Crippen molar-refractivity contribution < 1.29 is 9.59 Å². The van der Waals surface area contributed by atoms with Crippen molar-refractivity contribution in [3.05, 3.63) is 42.2 Å². The van der Waals surface area contributed by atoms with E-state index in [-0.39, 0.29) is 30.4 Å². The van der Waals surface area contributed by atoms with E-state index in [9.17, 15) is 9.59 Å². The molecule has 1 fully saturated rings. The fourth-order valence-corrected chi connectivity index (χ4v) is 3.86. The van der Waals surface area contributed by atoms with Gasteiger partial charge >= 0.3 is 0 Å². The first kappa shape index (κ1) is 16.7. The van der Waals surface area contributed by atoms with Crippen LogP contribution >= 0.6 is 0 Å². The van der Waals surface area contributed by atoms with E-state index in [0.29, 0.717) is 19.5 Å². The highest BCUT2D eigenvalue weighted by atomic mass is 16.2. The normalized spacial score (nSPS) is 22.3. The van der Waals surface area contributed by atoms with Crippen LogP contribution in [0.15, 0.2) is 36.7 Å². The van der Waals surface area contributed by atoms with Crippen molar-refractivity contribution >= 4 is 17.5 Å². The lowest BCUT2D eigenvalue weighted by atomic mass is 10.1. The molecule has 8 nitrogen and oxygen atoms in total. The van der Waals surface area contributed by atoms with Crippen molar-refractivity contribution in [1.29, 1.82) is 0 Å². The van der Waals surface area contributed by atoms with Gasteiger partial charge < -0.3 is 14.7 Å². The molecule has 2 aromatic rings. The Labute approximate surface area is 152 Å². The lowest BCUT2D eigenvalue weighted by molar-refractivity contribution is -0.130. The molecule has 0 spiro atoms. The van der Waals surface area contributed by atoms with Crippen LogP contribution in [0.2, 0.25) is 0 Å². The molecule has 0 N–H and O–H groups in total. The summed E-state index contributed by atoms with van der Waals surface area (Å²) >= 11 is 0. The van der Waals surface area contributed by atoms with Gasteiger partial charge in [0.25, 0.3) is 0 Å². The molecule has 4 rings (SSSR count). The first-order valence-electron chi connectivity index (χ1n) is 8.73. The predicted octanol–water partition coefficient (Wildman–Crippen LogP) is 0.181. The zero-order chi connectivity index (χ0) is 18.3. The predicted molar refractivity (Wildman–Crippen MR) is 95.6 cm³/mol. The fraction of sp³-hybridized carbons (Fsp3) is 0.444. The number of rotatable bonds is 4. The van der Waals surface area contributed by atoms with Gasteiger partial charge in [-0.3, -0.25) is 9.59 Å². The summed E-state index contributed by atoms with van der Waals surface area (Å²) in [6, 6.07) is 7.87. The molecule has 0 aliphatic carbocycles. The largest absolute Gasteiger partial charge is 0.337 e. The standard InChI is InChI=1S/C18H22N6O2/c1-21(2)15-10-22(11-16(15)24-8-7-19-20-24)18(26)12-23-14-6-4-3-5-13(14)9-17(23)25/h3-8,15-16H,9-12H2,1-2H3/t15-,16+/m1/s1. The quantitative estimate of drug-likeness (QED) is 0.783. The van der Waals surface area contributed by atoms with Crippen LogP contribution in [0.5, 0.6) is 0 Å². The molecule has 0 unspecified atom stereocenters. The van der Waals surface area contributed by atoms with E-state index in [1.165, 1.54) is 0 Å². The Morgan fingerprint density at radius 1 is 1.27 bits per heavy atom. The summed E-state index contributed by atoms with van der Waals surface area (Å²) in [7, 11) is 4.01. The van der Waals surface area contributed by atoms with Crippen LogP contribution in [0.4, 0.5) is 5.69 Å². The van der Waals surface area contributed by atoms with Crippen molar-refractivity contribution in [2.24, 2.45) is 0 Å². The van der Waals surface area contributed by atoms with Gasteiger partial charge in [-0.2, -0.15) is 0 Å². The van der Waals surface area contributed by atoms with Gasteiger partial charge in [-0.15, -0.1) is 5.10 Å². The van der Waals surface area contributed by atoms with Crippen LogP contribution in [-0.4, -0.2) is 76.4 Å². The minimum Gasteiger partial charge on any atom is -0.337 e. The molecule has 1 aromatic heterocycles. The molecule has 26 heavy (non-hydrogen) atoms. The van der Waals surface area contributed by atoms with E-state index in [1.807, 2.05) is 54.1 Å². The van der Waals surface area contributed by atoms with Crippen molar-refractivity contribution in [3.8, 4) is 0 Å². The second-order valence-corrected chi connectivity index (χ2v) is 7.07. The third-order valence-corrected chi connectivity index (χ3v) is 5.27. The van der Waals surface area contributed by atoms with Crippen molar-refractivity contribution in [2.75, 3.05) is 38.6 Å². The van der Waals surface area contributed by atoms with Crippen molar-refractivity contribution in [1.82, 2.24) is 24.8 Å². The first-order valence-corrected chi connectivity index (χ1v) is 8.73. The average Bonchev–Trinajstić information content (AvgIpc) is 3.33. The molecule has 2 amide bonds. The molecule has 0 saturated carbocycles. The van der Waals surface area contributed by atoms with Crippen molar-refractivity contribution in [3.63, 3.8) is 0 Å². The van der Waals surface area contributed by atoms with Crippen LogP contribution in [0.3, 0.4) is 0 Å². The number of amides is 2. The molecule has 8 heteroatoms. The highest BCUT2D eigenvalue weighted by Gasteiger charge is 2.39. The molecule has 1 saturated heterocycles. The number of fused-ring (bicyclic) bond motifs is 1. The first-order chi connectivity index (χ1) is 12.5. The van der Waals surface area contributed by atoms with Gasteiger partial charge in [0.2, 0.25) is 11.8 Å². The number of anilines is 1. The smallest absolute Gasteiger partial charge is 0.242 e. The number of carbonyl (C=O) groups excluding carboxylic acids is 2. The van der Waals surface area contributed by atoms with Gasteiger partial charge in [0.15, 0.2) is 0 Å². The molecular formula is C18H22N6O2. The Morgan fingerprint density at radius 3 is 2.81 bits per heavy atom. The van der Waals surface area contributed by atoms with E-state index in [2.05, 4.69) is 15.2 Å². The second kappa shape index (κ2) is 6.53. The number of para-hydroxylation sites is 1. The molecule has 2 aliphatic rings. The topological polar surface area (TPSA) is 74.6 Å². The highest BCUT2D eigenvalue weighted by Crippen LogP contribution is 2.29. The van der Waals surface area contributed by atoms with E-state index in [0.717, 1.165) is 11.3 Å². The molecule has 136 valence electrons. The summed E-state index contributed by atoms with van der Waals surface area (Å²) in [5, 5.41) is 7.99. The molecular weight excluding hydrogens is 332 g/mol. The van der Waals surface area contributed by atoms with Gasteiger partial charge in [-0.1, -0.05) is 23.4 Å². The Morgan fingerprint density at radius 2 is 2.08 bits per heavy atom. The third-order valence-electron chi connectivity index (χ3n) is 5.27. The Bertz CT molecular complexity index is 819. The fourth-order valence-electron chi connectivity index (χ4n) is 3.86. The molecule has 3 heterocycles. The number of carbonyl (C=O) groups is 2. The Kier molecular flexibility index (Phi) is 4.20. The minimum absolute atomic E-state index is 0.0178. The van der Waals surface area contributed by atoms with E-state index >= 15 is 0 Å². The summed E-state index contributed by atoms with van der Waals surface area (Å²) in [5.74, 6) is -0.0553. The Hall–Kier alpha value is -2.74. The average molecular weight is 354 g/mol. The third kappa shape index (κ3) is 2.86. The zero-order valence-corrected chi connectivity index (χ0v) is 14.9. The van der Waals surface area contributed by atoms with Gasteiger partial charge in [-0.05, 0) is 25.7 Å². The number of hydrogen-bond acceptors (Lipinski definition) is 5. The molecule has 0 radical (unpaired) electrons. The lowest BCUT2D eigenvalue weighted by Crippen LogP contribution is -2.42. The van der Waals surface area contributed by atoms with Crippen LogP contribution in [0.25, 0.3) is 0 Å². The number of likely N-dealkylation sites (N-methyl/N-ethyl adjacent to an activating group) is 1. The maximum atomic E-state index is 12.9. The highest BCUT2D eigenvalue weighted by molar-refractivity contribution is 6.05. The lowest BCUT2D eigenvalue weighted by Gasteiger charge is -2.24. The van der Waals surface area contributed by atoms with E-state index < -0.39 is 0 Å².